The van der Waals surface area contributed by atoms with Gasteiger partial charge in [0.15, 0.2) is 11.6 Å². The van der Waals surface area contributed by atoms with Crippen molar-refractivity contribution < 1.29 is 18.3 Å². The van der Waals surface area contributed by atoms with Gasteiger partial charge in [0.25, 0.3) is 0 Å². The fraction of sp³-hybridized carbons (Fsp3) is 0.333. The zero-order valence-electron chi connectivity index (χ0n) is 15.9. The SMILES string of the molecule is COc1ccc(NC(=O)[C@H]2CC[C@@H](n3c(=O)[nH]c4ccc(F)cc43)CC2)cc1F. The van der Waals surface area contributed by atoms with E-state index in [1.54, 1.807) is 16.7 Å². The summed E-state index contributed by atoms with van der Waals surface area (Å²) in [6.45, 7) is 0. The molecule has 29 heavy (non-hydrogen) atoms. The number of carbonyl (C=O) groups excluding carboxylic acids is 1. The number of methoxy groups -OCH3 is 1. The zero-order chi connectivity index (χ0) is 20.5. The van der Waals surface area contributed by atoms with Crippen molar-refractivity contribution in [1.29, 1.82) is 0 Å². The summed E-state index contributed by atoms with van der Waals surface area (Å²) in [6, 6.07) is 8.39. The smallest absolute Gasteiger partial charge is 0.326 e. The molecule has 0 radical (unpaired) electrons. The van der Waals surface area contributed by atoms with Gasteiger partial charge in [-0.15, -0.1) is 0 Å². The van der Waals surface area contributed by atoms with Crippen molar-refractivity contribution in [3.63, 3.8) is 0 Å². The summed E-state index contributed by atoms with van der Waals surface area (Å²) in [4.78, 5) is 27.7. The van der Waals surface area contributed by atoms with Crippen LogP contribution in [0.5, 0.6) is 5.75 Å². The molecule has 1 saturated carbocycles. The largest absolute Gasteiger partial charge is 0.494 e. The number of fused-ring (bicyclic) bond motifs is 1. The van der Waals surface area contributed by atoms with Crippen LogP contribution in [-0.2, 0) is 4.79 Å². The lowest BCUT2D eigenvalue weighted by molar-refractivity contribution is -0.121. The van der Waals surface area contributed by atoms with Crippen molar-refractivity contribution in [1.82, 2.24) is 9.55 Å². The molecular weight excluding hydrogens is 380 g/mol. The number of anilines is 1. The van der Waals surface area contributed by atoms with E-state index in [1.807, 2.05) is 0 Å². The summed E-state index contributed by atoms with van der Waals surface area (Å²) in [5, 5.41) is 2.74. The van der Waals surface area contributed by atoms with E-state index >= 15 is 0 Å². The Hall–Kier alpha value is -3.16. The molecule has 2 aromatic carbocycles. The average Bonchev–Trinajstić information content (AvgIpc) is 3.03. The van der Waals surface area contributed by atoms with Crippen LogP contribution in [0.4, 0.5) is 14.5 Å². The van der Waals surface area contributed by atoms with Gasteiger partial charge in [-0.05, 0) is 56.0 Å². The number of aromatic nitrogens is 2. The zero-order valence-corrected chi connectivity index (χ0v) is 15.9. The maximum absolute atomic E-state index is 13.8. The summed E-state index contributed by atoms with van der Waals surface area (Å²) in [5.41, 5.74) is 1.24. The van der Waals surface area contributed by atoms with Crippen molar-refractivity contribution in [2.45, 2.75) is 31.7 Å². The van der Waals surface area contributed by atoms with Crippen LogP contribution in [-0.4, -0.2) is 22.6 Å². The minimum Gasteiger partial charge on any atom is -0.494 e. The number of H-pyrrole nitrogens is 1. The molecule has 1 heterocycles. The van der Waals surface area contributed by atoms with Crippen molar-refractivity contribution in [2.75, 3.05) is 12.4 Å². The Morgan fingerprint density at radius 2 is 1.90 bits per heavy atom. The van der Waals surface area contributed by atoms with Gasteiger partial charge in [0.05, 0.1) is 18.1 Å². The molecule has 3 aromatic rings. The van der Waals surface area contributed by atoms with Crippen LogP contribution >= 0.6 is 0 Å². The minimum absolute atomic E-state index is 0.0967. The van der Waals surface area contributed by atoms with Crippen LogP contribution in [0.3, 0.4) is 0 Å². The number of amides is 1. The normalized spacial score (nSPS) is 19.3. The van der Waals surface area contributed by atoms with Crippen LogP contribution in [0.1, 0.15) is 31.7 Å². The number of rotatable bonds is 4. The van der Waals surface area contributed by atoms with Crippen LogP contribution in [0.25, 0.3) is 11.0 Å². The molecule has 4 rings (SSSR count). The second-order valence-electron chi connectivity index (χ2n) is 7.31. The van der Waals surface area contributed by atoms with Crippen LogP contribution < -0.4 is 15.7 Å². The number of ether oxygens (including phenoxy) is 1. The molecule has 6 nitrogen and oxygen atoms in total. The van der Waals surface area contributed by atoms with Gasteiger partial charge in [0.1, 0.15) is 5.82 Å². The van der Waals surface area contributed by atoms with Crippen molar-refractivity contribution >= 4 is 22.6 Å². The molecule has 0 aliphatic heterocycles. The molecule has 0 bridgehead atoms. The predicted molar refractivity (Wildman–Crippen MR) is 105 cm³/mol. The standard InChI is InChI=1S/C21H21F2N3O3/c1-29-19-9-5-14(11-16(19)23)24-20(27)12-2-6-15(7-3-12)26-18-10-13(22)4-8-17(18)25-21(26)28/h4-5,8-12,15H,2-3,6-7H2,1H3,(H,24,27)(H,25,28)/t12-,15+. The predicted octanol–water partition coefficient (Wildman–Crippen LogP) is 3.99. The van der Waals surface area contributed by atoms with Gasteiger partial charge in [-0.1, -0.05) is 0 Å². The highest BCUT2D eigenvalue weighted by atomic mass is 19.1. The van der Waals surface area contributed by atoms with E-state index in [0.717, 1.165) is 0 Å². The van der Waals surface area contributed by atoms with Crippen LogP contribution in [0, 0.1) is 17.6 Å². The Labute approximate surface area is 165 Å². The van der Waals surface area contributed by atoms with E-state index in [9.17, 15) is 18.4 Å². The van der Waals surface area contributed by atoms with Crippen molar-refractivity contribution in [3.05, 3.63) is 58.5 Å². The first-order valence-corrected chi connectivity index (χ1v) is 9.50. The Kier molecular flexibility index (Phi) is 5.08. The highest BCUT2D eigenvalue weighted by molar-refractivity contribution is 5.92. The second kappa shape index (κ2) is 7.69. The Bertz CT molecular complexity index is 1110. The fourth-order valence-corrected chi connectivity index (χ4v) is 4.04. The molecule has 1 aliphatic rings. The number of imidazole rings is 1. The van der Waals surface area contributed by atoms with Gasteiger partial charge in [0, 0.05) is 23.7 Å². The lowest BCUT2D eigenvalue weighted by Crippen LogP contribution is -2.31. The summed E-state index contributed by atoms with van der Waals surface area (Å²) >= 11 is 0. The maximum Gasteiger partial charge on any atom is 0.326 e. The van der Waals surface area contributed by atoms with E-state index in [-0.39, 0.29) is 29.3 Å². The molecule has 8 heteroatoms. The summed E-state index contributed by atoms with van der Waals surface area (Å²) in [6.07, 6.45) is 2.42. The molecule has 1 amide bonds. The third-order valence-corrected chi connectivity index (χ3v) is 5.53. The van der Waals surface area contributed by atoms with E-state index in [0.29, 0.717) is 42.4 Å². The van der Waals surface area contributed by atoms with Crippen molar-refractivity contribution in [2.24, 2.45) is 5.92 Å². The average molecular weight is 401 g/mol. The second-order valence-corrected chi connectivity index (χ2v) is 7.31. The number of carbonyl (C=O) groups is 1. The fourth-order valence-electron chi connectivity index (χ4n) is 4.04. The Balaban J connectivity index is 1.44. The third kappa shape index (κ3) is 3.74. The van der Waals surface area contributed by atoms with Gasteiger partial charge in [-0.25, -0.2) is 13.6 Å². The van der Waals surface area contributed by atoms with Gasteiger partial charge < -0.3 is 15.0 Å². The molecule has 0 saturated heterocycles. The molecule has 1 aliphatic carbocycles. The number of halogens is 2. The van der Waals surface area contributed by atoms with Gasteiger partial charge >= 0.3 is 5.69 Å². The summed E-state index contributed by atoms with van der Waals surface area (Å²) in [7, 11) is 1.38. The van der Waals surface area contributed by atoms with Gasteiger partial charge in [0.2, 0.25) is 5.91 Å². The van der Waals surface area contributed by atoms with E-state index in [2.05, 4.69) is 10.3 Å². The topological polar surface area (TPSA) is 76.1 Å². The molecule has 2 N–H and O–H groups in total. The first-order valence-electron chi connectivity index (χ1n) is 9.50. The third-order valence-electron chi connectivity index (χ3n) is 5.53. The van der Waals surface area contributed by atoms with Crippen LogP contribution in [0.2, 0.25) is 0 Å². The van der Waals surface area contributed by atoms with E-state index < -0.39 is 11.6 Å². The molecule has 152 valence electrons. The van der Waals surface area contributed by atoms with E-state index in [4.69, 9.17) is 4.74 Å². The highest BCUT2D eigenvalue weighted by Crippen LogP contribution is 2.34. The van der Waals surface area contributed by atoms with Crippen LogP contribution in [0.15, 0.2) is 41.2 Å². The lowest BCUT2D eigenvalue weighted by Gasteiger charge is -2.28. The molecule has 0 atom stereocenters. The number of nitrogens with one attached hydrogen (secondary N) is 2. The summed E-state index contributed by atoms with van der Waals surface area (Å²) in [5.74, 6) is -1.23. The minimum atomic E-state index is -0.542. The Morgan fingerprint density at radius 3 is 2.59 bits per heavy atom. The van der Waals surface area contributed by atoms with E-state index in [1.165, 1.54) is 31.4 Å². The monoisotopic (exact) mass is 401 g/mol. The van der Waals surface area contributed by atoms with Crippen molar-refractivity contribution in [3.8, 4) is 5.75 Å². The molecule has 0 unspecified atom stereocenters. The van der Waals surface area contributed by atoms with Gasteiger partial charge in [-0.2, -0.15) is 0 Å². The maximum atomic E-state index is 13.8. The molecule has 1 fully saturated rings. The number of hydrogen-bond acceptors (Lipinski definition) is 3. The first kappa shape index (κ1) is 19.2. The lowest BCUT2D eigenvalue weighted by atomic mass is 9.85. The number of hydrogen-bond donors (Lipinski definition) is 2. The quantitative estimate of drug-likeness (QED) is 0.694. The van der Waals surface area contributed by atoms with Gasteiger partial charge in [-0.3, -0.25) is 9.36 Å². The first-order chi connectivity index (χ1) is 14.0. The number of benzene rings is 2. The summed E-state index contributed by atoms with van der Waals surface area (Å²) < 4.78 is 33.9. The molecular formula is C21H21F2N3O3. The number of nitrogens with zero attached hydrogens (tertiary/aromatic N) is 1. The highest BCUT2D eigenvalue weighted by Gasteiger charge is 2.29. The number of aromatic amines is 1. The molecule has 0 spiro atoms. The molecule has 1 aromatic heterocycles. The Morgan fingerprint density at radius 1 is 1.14 bits per heavy atom.